The predicted molar refractivity (Wildman–Crippen MR) is 74.2 cm³/mol. The fourth-order valence-corrected chi connectivity index (χ4v) is 1.83. The molecule has 0 saturated heterocycles. The molecule has 0 aliphatic rings. The number of aldehydes is 1. The topological polar surface area (TPSA) is 69.4 Å². The summed E-state index contributed by atoms with van der Waals surface area (Å²) in [5.74, 6) is -0.387. The first kappa shape index (κ1) is 14.9. The molecule has 0 N–H and O–H groups in total. The van der Waals surface area contributed by atoms with Crippen molar-refractivity contribution in [2.45, 2.75) is 6.61 Å². The van der Waals surface area contributed by atoms with Gasteiger partial charge in [0, 0.05) is 22.7 Å². The second kappa shape index (κ2) is 6.32. The van der Waals surface area contributed by atoms with Crippen LogP contribution in [-0.4, -0.2) is 11.2 Å². The van der Waals surface area contributed by atoms with E-state index in [1.54, 1.807) is 0 Å². The van der Waals surface area contributed by atoms with Crippen LogP contribution in [0.3, 0.4) is 0 Å². The largest absolute Gasteiger partial charge is 0.488 e. The molecule has 0 unspecified atom stereocenters. The summed E-state index contributed by atoms with van der Waals surface area (Å²) >= 11 is 5.64. The third-order valence-corrected chi connectivity index (χ3v) is 2.96. The Morgan fingerprint density at radius 3 is 2.67 bits per heavy atom. The molecule has 0 spiro atoms. The summed E-state index contributed by atoms with van der Waals surface area (Å²) in [6.07, 6.45) is 0.445. The number of benzene rings is 2. The van der Waals surface area contributed by atoms with E-state index in [1.807, 2.05) is 0 Å². The van der Waals surface area contributed by atoms with E-state index in [0.29, 0.717) is 6.29 Å². The van der Waals surface area contributed by atoms with E-state index in [9.17, 15) is 19.3 Å². The van der Waals surface area contributed by atoms with Gasteiger partial charge < -0.3 is 4.74 Å². The summed E-state index contributed by atoms with van der Waals surface area (Å²) in [7, 11) is 0. The second-order valence-corrected chi connectivity index (χ2v) is 4.56. The highest BCUT2D eigenvalue weighted by molar-refractivity contribution is 6.30. The lowest BCUT2D eigenvalue weighted by Gasteiger charge is -2.09. The number of hydrogen-bond donors (Lipinski definition) is 0. The van der Waals surface area contributed by atoms with Gasteiger partial charge in [0.1, 0.15) is 18.2 Å². The maximum Gasteiger partial charge on any atom is 0.270 e. The first-order valence-electron chi connectivity index (χ1n) is 5.81. The smallest absolute Gasteiger partial charge is 0.270 e. The highest BCUT2D eigenvalue weighted by atomic mass is 35.5. The van der Waals surface area contributed by atoms with Crippen LogP contribution in [0.5, 0.6) is 5.75 Å². The summed E-state index contributed by atoms with van der Waals surface area (Å²) in [6.45, 7) is -0.123. The van der Waals surface area contributed by atoms with Crippen molar-refractivity contribution >= 4 is 23.6 Å². The normalized spacial score (nSPS) is 10.2. The second-order valence-electron chi connectivity index (χ2n) is 4.12. The van der Waals surface area contributed by atoms with Crippen LogP contribution < -0.4 is 4.74 Å². The van der Waals surface area contributed by atoms with Gasteiger partial charge in [0.05, 0.1) is 10.5 Å². The quantitative estimate of drug-likeness (QED) is 0.479. The number of rotatable bonds is 5. The van der Waals surface area contributed by atoms with Crippen molar-refractivity contribution in [1.82, 2.24) is 0 Å². The molecule has 0 atom stereocenters. The van der Waals surface area contributed by atoms with Crippen LogP contribution >= 0.6 is 11.6 Å². The Hall–Kier alpha value is -2.47. The number of nitrogens with zero attached hydrogens (tertiary/aromatic N) is 1. The van der Waals surface area contributed by atoms with Crippen molar-refractivity contribution in [2.24, 2.45) is 0 Å². The molecular formula is C14H9ClFNO4. The Morgan fingerprint density at radius 1 is 1.29 bits per heavy atom. The van der Waals surface area contributed by atoms with Gasteiger partial charge >= 0.3 is 0 Å². The number of hydrogen-bond acceptors (Lipinski definition) is 4. The standard InChI is InChI=1S/C14H9ClFNO4/c15-11-2-1-9(13(16)6-11)8-21-14-4-3-12(17(19)20)5-10(14)7-18/h1-7H,8H2. The molecule has 0 aromatic heterocycles. The lowest BCUT2D eigenvalue weighted by atomic mass is 10.2. The number of halogens is 2. The number of nitro groups is 1. The Bertz CT molecular complexity index is 705. The molecule has 0 aliphatic carbocycles. The molecule has 2 aromatic carbocycles. The number of ether oxygens (including phenoxy) is 1. The molecule has 0 bridgehead atoms. The van der Waals surface area contributed by atoms with Crippen LogP contribution in [0.2, 0.25) is 5.02 Å². The predicted octanol–water partition coefficient (Wildman–Crippen LogP) is 3.78. The minimum atomic E-state index is -0.615. The highest BCUT2D eigenvalue weighted by Crippen LogP contribution is 2.24. The minimum Gasteiger partial charge on any atom is -0.488 e. The Morgan fingerprint density at radius 2 is 2.05 bits per heavy atom. The molecular weight excluding hydrogens is 301 g/mol. The van der Waals surface area contributed by atoms with Gasteiger partial charge in [-0.15, -0.1) is 0 Å². The molecule has 2 rings (SSSR count). The van der Waals surface area contributed by atoms with Crippen molar-refractivity contribution < 1.29 is 18.8 Å². The summed E-state index contributed by atoms with van der Waals surface area (Å²) < 4.78 is 18.9. The van der Waals surface area contributed by atoms with E-state index in [4.69, 9.17) is 16.3 Å². The number of non-ortho nitro benzene ring substituents is 1. The lowest BCUT2D eigenvalue weighted by molar-refractivity contribution is -0.384. The molecule has 0 fully saturated rings. The average molecular weight is 310 g/mol. The fraction of sp³-hybridized carbons (Fsp3) is 0.0714. The van der Waals surface area contributed by atoms with Gasteiger partial charge in [0.2, 0.25) is 0 Å². The van der Waals surface area contributed by atoms with Crippen LogP contribution in [0.4, 0.5) is 10.1 Å². The van der Waals surface area contributed by atoms with Crippen molar-refractivity contribution in [3.05, 3.63) is 68.5 Å². The van der Waals surface area contributed by atoms with Gasteiger partial charge in [-0.05, 0) is 18.2 Å². The van der Waals surface area contributed by atoms with E-state index in [1.165, 1.54) is 24.3 Å². The van der Waals surface area contributed by atoms with Gasteiger partial charge in [0.15, 0.2) is 6.29 Å². The Balaban J connectivity index is 2.19. The van der Waals surface area contributed by atoms with E-state index < -0.39 is 10.7 Å². The molecule has 0 heterocycles. The third kappa shape index (κ3) is 3.55. The Kier molecular flexibility index (Phi) is 4.49. The molecule has 0 saturated carbocycles. The molecule has 2 aromatic rings. The monoisotopic (exact) mass is 309 g/mol. The zero-order chi connectivity index (χ0) is 15.4. The minimum absolute atomic E-state index is 0.0265. The zero-order valence-electron chi connectivity index (χ0n) is 10.6. The molecule has 21 heavy (non-hydrogen) atoms. The Labute approximate surface area is 124 Å². The SMILES string of the molecule is O=Cc1cc([N+](=O)[O-])ccc1OCc1ccc(Cl)cc1F. The summed E-state index contributed by atoms with van der Waals surface area (Å²) in [5, 5.41) is 10.9. The fourth-order valence-electron chi connectivity index (χ4n) is 1.67. The van der Waals surface area contributed by atoms with E-state index >= 15 is 0 Å². The zero-order valence-corrected chi connectivity index (χ0v) is 11.3. The average Bonchev–Trinajstić information content (AvgIpc) is 2.46. The van der Waals surface area contributed by atoms with Crippen LogP contribution in [0.1, 0.15) is 15.9 Å². The van der Waals surface area contributed by atoms with Gasteiger partial charge in [-0.25, -0.2) is 4.39 Å². The van der Waals surface area contributed by atoms with Gasteiger partial charge in [-0.1, -0.05) is 17.7 Å². The van der Waals surface area contributed by atoms with Crippen molar-refractivity contribution in [3.63, 3.8) is 0 Å². The summed E-state index contributed by atoms with van der Waals surface area (Å²) in [4.78, 5) is 20.9. The maximum absolute atomic E-state index is 13.6. The first-order valence-corrected chi connectivity index (χ1v) is 6.19. The van der Waals surface area contributed by atoms with E-state index in [-0.39, 0.29) is 34.2 Å². The number of carbonyl (C=O) groups excluding carboxylic acids is 1. The van der Waals surface area contributed by atoms with Crippen LogP contribution in [-0.2, 0) is 6.61 Å². The summed E-state index contributed by atoms with van der Waals surface area (Å²) in [5.41, 5.74) is 0.0651. The van der Waals surface area contributed by atoms with Gasteiger partial charge in [-0.2, -0.15) is 0 Å². The van der Waals surface area contributed by atoms with E-state index in [0.717, 1.165) is 12.1 Å². The highest BCUT2D eigenvalue weighted by Gasteiger charge is 2.12. The van der Waals surface area contributed by atoms with Crippen LogP contribution in [0.25, 0.3) is 0 Å². The number of nitro benzene ring substituents is 1. The first-order chi connectivity index (χ1) is 10.0. The molecule has 0 radical (unpaired) electrons. The van der Waals surface area contributed by atoms with Gasteiger partial charge in [-0.3, -0.25) is 14.9 Å². The van der Waals surface area contributed by atoms with Crippen molar-refractivity contribution in [2.75, 3.05) is 0 Å². The van der Waals surface area contributed by atoms with Gasteiger partial charge in [0.25, 0.3) is 5.69 Å². The molecule has 0 amide bonds. The molecule has 7 heteroatoms. The molecule has 5 nitrogen and oxygen atoms in total. The maximum atomic E-state index is 13.6. The lowest BCUT2D eigenvalue weighted by Crippen LogP contribution is -2.01. The third-order valence-electron chi connectivity index (χ3n) is 2.73. The van der Waals surface area contributed by atoms with Crippen LogP contribution in [0.15, 0.2) is 36.4 Å². The molecule has 0 aliphatic heterocycles. The number of carbonyl (C=O) groups is 1. The van der Waals surface area contributed by atoms with Crippen molar-refractivity contribution in [1.29, 1.82) is 0 Å². The van der Waals surface area contributed by atoms with Crippen LogP contribution in [0, 0.1) is 15.9 Å². The van der Waals surface area contributed by atoms with E-state index in [2.05, 4.69) is 0 Å². The van der Waals surface area contributed by atoms with Crippen molar-refractivity contribution in [3.8, 4) is 5.75 Å². The summed E-state index contributed by atoms with van der Waals surface area (Å²) in [6, 6.07) is 7.73. The molecule has 108 valence electrons.